The van der Waals surface area contributed by atoms with Crippen molar-refractivity contribution in [2.75, 3.05) is 13.3 Å². The predicted octanol–water partition coefficient (Wildman–Crippen LogP) is 7.73. The van der Waals surface area contributed by atoms with E-state index in [0.717, 1.165) is 5.57 Å². The van der Waals surface area contributed by atoms with E-state index >= 15 is 0 Å². The molecule has 1 atom stereocenters. The summed E-state index contributed by atoms with van der Waals surface area (Å²) >= 11 is 12.3. The van der Waals surface area contributed by atoms with Crippen molar-refractivity contribution in [2.45, 2.75) is 26.9 Å². The van der Waals surface area contributed by atoms with Crippen molar-refractivity contribution < 1.29 is 18.8 Å². The van der Waals surface area contributed by atoms with E-state index in [1.54, 1.807) is 44.5 Å². The van der Waals surface area contributed by atoms with Crippen molar-refractivity contribution in [3.8, 4) is 5.75 Å². The van der Waals surface area contributed by atoms with Crippen LogP contribution in [-0.2, 0) is 9.30 Å². The average molecular weight is 483 g/mol. The van der Waals surface area contributed by atoms with Gasteiger partial charge >= 0.3 is 0 Å². The van der Waals surface area contributed by atoms with E-state index in [2.05, 4.69) is 6.58 Å². The van der Waals surface area contributed by atoms with Gasteiger partial charge in [0.2, 0.25) is 0 Å². The lowest BCUT2D eigenvalue weighted by atomic mass is 10.0. The topological polar surface area (TPSA) is 46.5 Å². The molecule has 2 aromatic rings. The van der Waals surface area contributed by atoms with Crippen LogP contribution in [0.3, 0.4) is 0 Å². The molecule has 7 heteroatoms. The van der Waals surface area contributed by atoms with Gasteiger partial charge in [-0.3, -0.25) is 0 Å². The van der Waals surface area contributed by atoms with Gasteiger partial charge in [-0.25, -0.2) is 4.39 Å². The van der Waals surface area contributed by atoms with Crippen LogP contribution in [0.15, 0.2) is 60.4 Å². The van der Waals surface area contributed by atoms with Gasteiger partial charge in [-0.05, 0) is 75.6 Å². The maximum Gasteiger partial charge on any atom is 0.142 e. The van der Waals surface area contributed by atoms with Gasteiger partial charge in [0.15, 0.2) is 0 Å². The molecule has 1 unspecified atom stereocenters. The van der Waals surface area contributed by atoms with Crippen molar-refractivity contribution in [3.05, 3.63) is 87.4 Å². The zero-order chi connectivity index (χ0) is 23.5. The molecule has 166 valence electrons. The minimum absolute atomic E-state index is 0.00931. The monoisotopic (exact) mass is 482 g/mol. The van der Waals surface area contributed by atoms with Crippen LogP contribution in [0.1, 0.15) is 38.0 Å². The molecule has 0 fully saturated rings. The van der Waals surface area contributed by atoms with Crippen LogP contribution >= 0.6 is 30.3 Å². The lowest BCUT2D eigenvalue weighted by Crippen LogP contribution is -2.04. The molecule has 0 aliphatic carbocycles. The molecule has 1 N–H and O–H groups in total. The van der Waals surface area contributed by atoms with E-state index in [0.29, 0.717) is 32.8 Å². The molecule has 0 saturated carbocycles. The summed E-state index contributed by atoms with van der Waals surface area (Å²) in [4.78, 5) is 0. The normalized spacial score (nSPS) is 13.0. The number of halogens is 3. The number of phenolic OH excluding ortho intramolecular Hbond substituents is 1. The molecule has 0 spiro atoms. The van der Waals surface area contributed by atoms with Crippen molar-refractivity contribution in [2.24, 2.45) is 0 Å². The van der Waals surface area contributed by atoms with Crippen LogP contribution in [0.5, 0.6) is 5.75 Å². The zero-order valence-corrected chi connectivity index (χ0v) is 20.6. The first-order chi connectivity index (χ1) is 14.4. The zero-order valence-electron chi connectivity index (χ0n) is 18.2. The molecule has 3 nitrogen and oxygen atoms in total. The number of ether oxygens (including phenoxy) is 1. The summed E-state index contributed by atoms with van der Waals surface area (Å²) in [5.41, 5.74) is 2.32. The Morgan fingerprint density at radius 1 is 1.23 bits per heavy atom. The summed E-state index contributed by atoms with van der Waals surface area (Å²) in [6.07, 6.45) is 2.68. The Balaban J connectivity index is 2.46. The minimum atomic E-state index is -2.51. The molecular weight excluding hydrogens is 457 g/mol. The summed E-state index contributed by atoms with van der Waals surface area (Å²) in [5.74, 6) is -0.0874. The molecule has 0 radical (unpaired) electrons. The molecule has 0 aliphatic rings. The largest absolute Gasteiger partial charge is 0.507 e. The Labute approximate surface area is 193 Å². The van der Waals surface area contributed by atoms with E-state index in [-0.39, 0.29) is 10.8 Å². The van der Waals surface area contributed by atoms with E-state index in [1.807, 2.05) is 13.8 Å². The number of aromatic hydroxyl groups is 1. The summed E-state index contributed by atoms with van der Waals surface area (Å²) in [6.45, 7) is 12.6. The van der Waals surface area contributed by atoms with Gasteiger partial charge in [-0.1, -0.05) is 41.9 Å². The molecule has 0 aromatic heterocycles. The van der Waals surface area contributed by atoms with Crippen LogP contribution in [0.25, 0.3) is 5.57 Å². The fourth-order valence-corrected chi connectivity index (χ4v) is 4.49. The van der Waals surface area contributed by atoms with E-state index in [4.69, 9.17) is 27.9 Å². The first-order valence-electron chi connectivity index (χ1n) is 9.57. The van der Waals surface area contributed by atoms with Gasteiger partial charge < -0.3 is 14.4 Å². The summed E-state index contributed by atoms with van der Waals surface area (Å²) in [7, 11) is -2.51. The SMILES string of the molecule is C=C/C(=C\C(OC(C)c1c(Cl)ccc(F)c1Cl)=C(C)C)c1ccc(P(C)(C)=O)cc1O. The highest BCUT2D eigenvalue weighted by Crippen LogP contribution is 2.39. The molecule has 2 aromatic carbocycles. The molecular formula is C24H26Cl2FO3P. The lowest BCUT2D eigenvalue weighted by Gasteiger charge is -2.20. The summed E-state index contributed by atoms with van der Waals surface area (Å²) in [5, 5.41) is 11.3. The van der Waals surface area contributed by atoms with Gasteiger partial charge in [-0.15, -0.1) is 0 Å². The maximum atomic E-state index is 13.9. The quantitative estimate of drug-likeness (QED) is 0.190. The van der Waals surface area contributed by atoms with Crippen LogP contribution in [0, 0.1) is 5.82 Å². The van der Waals surface area contributed by atoms with Crippen LogP contribution < -0.4 is 5.30 Å². The third-order valence-corrected chi connectivity index (χ3v) is 6.94. The van der Waals surface area contributed by atoms with Gasteiger partial charge in [0, 0.05) is 21.5 Å². The minimum Gasteiger partial charge on any atom is -0.507 e. The smallest absolute Gasteiger partial charge is 0.142 e. The third kappa shape index (κ3) is 6.04. The second-order valence-corrected chi connectivity index (χ2v) is 11.7. The van der Waals surface area contributed by atoms with Crippen molar-refractivity contribution >= 4 is 41.2 Å². The number of benzene rings is 2. The molecule has 0 bridgehead atoms. The van der Waals surface area contributed by atoms with Gasteiger partial charge in [0.1, 0.15) is 30.6 Å². The Morgan fingerprint density at radius 3 is 2.39 bits per heavy atom. The first kappa shape index (κ1) is 25.3. The number of rotatable bonds is 7. The molecule has 0 heterocycles. The molecule has 0 saturated heterocycles. The van der Waals surface area contributed by atoms with Gasteiger partial charge in [-0.2, -0.15) is 0 Å². The number of hydrogen-bond acceptors (Lipinski definition) is 3. The molecule has 0 amide bonds. The Hall–Kier alpha value is -2.00. The second kappa shape index (κ2) is 10.1. The lowest BCUT2D eigenvalue weighted by molar-refractivity contribution is 0.140. The maximum absolute atomic E-state index is 13.9. The predicted molar refractivity (Wildman–Crippen MR) is 130 cm³/mol. The summed E-state index contributed by atoms with van der Waals surface area (Å²) < 4.78 is 32.3. The Bertz CT molecular complexity index is 1110. The van der Waals surface area contributed by atoms with Crippen LogP contribution in [-0.4, -0.2) is 18.4 Å². The van der Waals surface area contributed by atoms with Gasteiger partial charge in [0.25, 0.3) is 0 Å². The highest BCUT2D eigenvalue weighted by molar-refractivity contribution is 7.70. The molecule has 0 aliphatic heterocycles. The number of hydrogen-bond donors (Lipinski definition) is 1. The third-order valence-electron chi connectivity index (χ3n) is 4.70. The molecule has 31 heavy (non-hydrogen) atoms. The Kier molecular flexibility index (Phi) is 8.21. The van der Waals surface area contributed by atoms with E-state index in [9.17, 15) is 14.1 Å². The highest BCUT2D eigenvalue weighted by atomic mass is 35.5. The fraction of sp³-hybridized carbons (Fsp3) is 0.250. The number of phenols is 1. The number of allylic oxidation sites excluding steroid dienone is 4. The van der Waals surface area contributed by atoms with Crippen molar-refractivity contribution in [3.63, 3.8) is 0 Å². The molecule has 2 rings (SSSR count). The van der Waals surface area contributed by atoms with Crippen molar-refractivity contribution in [1.82, 2.24) is 0 Å². The van der Waals surface area contributed by atoms with Crippen LogP contribution in [0.4, 0.5) is 4.39 Å². The van der Waals surface area contributed by atoms with Crippen molar-refractivity contribution in [1.29, 1.82) is 0 Å². The second-order valence-electron chi connectivity index (χ2n) is 7.74. The highest BCUT2D eigenvalue weighted by Gasteiger charge is 2.20. The average Bonchev–Trinajstić information content (AvgIpc) is 2.67. The summed E-state index contributed by atoms with van der Waals surface area (Å²) in [6, 6.07) is 7.57. The standard InChI is InChI=1S/C24H26Cl2FO3P/c1-7-16(18-9-8-17(13-21(18)28)31(5,6)29)12-22(14(2)3)30-15(4)23-19(25)10-11-20(27)24(23)26/h7-13,15,28H,1H2,2-6H3/b16-12+. The van der Waals surface area contributed by atoms with E-state index < -0.39 is 19.1 Å². The van der Waals surface area contributed by atoms with Gasteiger partial charge in [0.05, 0.1) is 5.02 Å². The Morgan fingerprint density at radius 2 is 1.87 bits per heavy atom. The first-order valence-corrected chi connectivity index (χ1v) is 12.9. The fourth-order valence-electron chi connectivity index (χ4n) is 2.95. The van der Waals surface area contributed by atoms with E-state index in [1.165, 1.54) is 18.2 Å². The van der Waals surface area contributed by atoms with Crippen LogP contribution in [0.2, 0.25) is 10.0 Å².